The van der Waals surface area contributed by atoms with E-state index >= 15 is 0 Å². The quantitative estimate of drug-likeness (QED) is 0.627. The Kier molecular flexibility index (Phi) is 3.55. The molecule has 3 aromatic rings. The largest absolute Gasteiger partial charge is 0.269 e. The van der Waals surface area contributed by atoms with Crippen molar-refractivity contribution in [2.24, 2.45) is 0 Å². The number of nitrogens with zero attached hydrogens (tertiary/aromatic N) is 2. The number of aryl methyl sites for hydroxylation is 1. The molecule has 108 valence electrons. The first-order valence-electron chi connectivity index (χ1n) is 6.05. The Hall–Kier alpha value is -1.37. The molecule has 0 spiro atoms. The van der Waals surface area contributed by atoms with Crippen molar-refractivity contribution < 1.29 is 8.42 Å². The second-order valence-corrected chi connectivity index (χ2v) is 7.63. The molecule has 0 radical (unpaired) electrons. The van der Waals surface area contributed by atoms with Crippen LogP contribution in [0, 0.1) is 6.92 Å². The van der Waals surface area contributed by atoms with Crippen LogP contribution >= 0.6 is 27.5 Å². The minimum atomic E-state index is -3.70. The Morgan fingerprint density at radius 3 is 2.52 bits per heavy atom. The first-order chi connectivity index (χ1) is 9.89. The van der Waals surface area contributed by atoms with E-state index < -0.39 is 10.0 Å². The van der Waals surface area contributed by atoms with Crippen LogP contribution < -0.4 is 0 Å². The highest BCUT2D eigenvalue weighted by Crippen LogP contribution is 2.28. The first-order valence-corrected chi connectivity index (χ1v) is 8.66. The molecule has 0 bridgehead atoms. The fourth-order valence-corrected chi connectivity index (χ4v) is 4.11. The van der Waals surface area contributed by atoms with Crippen molar-refractivity contribution in [1.82, 2.24) is 8.96 Å². The lowest BCUT2D eigenvalue weighted by atomic mass is 10.2. The van der Waals surface area contributed by atoms with Gasteiger partial charge < -0.3 is 0 Å². The van der Waals surface area contributed by atoms with Gasteiger partial charge in [-0.25, -0.2) is 17.4 Å². The number of pyridine rings is 1. The highest BCUT2D eigenvalue weighted by molar-refractivity contribution is 9.10. The van der Waals surface area contributed by atoms with Gasteiger partial charge in [0.1, 0.15) is 4.60 Å². The summed E-state index contributed by atoms with van der Waals surface area (Å²) < 4.78 is 27.0. The summed E-state index contributed by atoms with van der Waals surface area (Å²) in [5.74, 6) is 0. The summed E-state index contributed by atoms with van der Waals surface area (Å²) in [5.41, 5.74) is 1.30. The standard InChI is InChI=1S/C14H10BrClN2O2S/c1-9-2-4-10(5-3-9)21(19,20)18-7-6-11-12(16)8-13(15)17-14(11)18/h2-8H,1H3. The molecule has 0 fully saturated rings. The summed E-state index contributed by atoms with van der Waals surface area (Å²) in [6.45, 7) is 1.90. The van der Waals surface area contributed by atoms with Gasteiger partial charge in [-0.15, -0.1) is 0 Å². The van der Waals surface area contributed by atoms with Gasteiger partial charge in [-0.2, -0.15) is 0 Å². The molecule has 0 saturated carbocycles. The third-order valence-electron chi connectivity index (χ3n) is 3.12. The van der Waals surface area contributed by atoms with E-state index in [1.807, 2.05) is 6.92 Å². The molecule has 2 heterocycles. The van der Waals surface area contributed by atoms with Crippen molar-refractivity contribution in [3.63, 3.8) is 0 Å². The van der Waals surface area contributed by atoms with E-state index in [-0.39, 0.29) is 4.90 Å². The molecule has 0 aliphatic heterocycles. The Morgan fingerprint density at radius 1 is 1.19 bits per heavy atom. The summed E-state index contributed by atoms with van der Waals surface area (Å²) in [6.07, 6.45) is 1.46. The van der Waals surface area contributed by atoms with Gasteiger partial charge in [-0.05, 0) is 47.1 Å². The van der Waals surface area contributed by atoms with Crippen LogP contribution in [0.25, 0.3) is 11.0 Å². The molecule has 4 nitrogen and oxygen atoms in total. The average Bonchev–Trinajstić information content (AvgIpc) is 2.83. The highest BCUT2D eigenvalue weighted by Gasteiger charge is 2.20. The number of benzene rings is 1. The van der Waals surface area contributed by atoms with Crippen LogP contribution in [0.1, 0.15) is 5.56 Å². The van der Waals surface area contributed by atoms with E-state index in [2.05, 4.69) is 20.9 Å². The van der Waals surface area contributed by atoms with E-state index in [1.165, 1.54) is 6.20 Å². The Bertz CT molecular complexity index is 934. The van der Waals surface area contributed by atoms with Gasteiger partial charge in [0, 0.05) is 11.6 Å². The Labute approximate surface area is 135 Å². The van der Waals surface area contributed by atoms with Crippen LogP contribution in [-0.2, 0) is 10.0 Å². The lowest BCUT2D eigenvalue weighted by Gasteiger charge is -2.07. The van der Waals surface area contributed by atoms with Crippen LogP contribution in [0.5, 0.6) is 0 Å². The van der Waals surface area contributed by atoms with Crippen LogP contribution in [0.2, 0.25) is 5.02 Å². The summed E-state index contributed by atoms with van der Waals surface area (Å²) >= 11 is 9.35. The molecular formula is C14H10BrClN2O2S. The number of halogens is 2. The van der Waals surface area contributed by atoms with Gasteiger partial charge in [0.2, 0.25) is 0 Å². The van der Waals surface area contributed by atoms with Crippen molar-refractivity contribution in [2.45, 2.75) is 11.8 Å². The van der Waals surface area contributed by atoms with E-state index in [4.69, 9.17) is 11.6 Å². The summed E-state index contributed by atoms with van der Waals surface area (Å²) in [4.78, 5) is 4.43. The molecule has 0 aliphatic carbocycles. The van der Waals surface area contributed by atoms with Crippen molar-refractivity contribution >= 4 is 48.6 Å². The van der Waals surface area contributed by atoms with Gasteiger partial charge in [0.15, 0.2) is 5.65 Å². The van der Waals surface area contributed by atoms with Crippen LogP contribution in [-0.4, -0.2) is 17.4 Å². The predicted octanol–water partition coefficient (Wildman–Crippen LogP) is 4.00. The molecule has 0 N–H and O–H groups in total. The zero-order chi connectivity index (χ0) is 15.2. The Balaban J connectivity index is 2.27. The zero-order valence-corrected chi connectivity index (χ0v) is 14.1. The summed E-state index contributed by atoms with van der Waals surface area (Å²) in [6, 6.07) is 9.95. The molecule has 21 heavy (non-hydrogen) atoms. The van der Waals surface area contributed by atoms with Gasteiger partial charge in [-0.1, -0.05) is 29.3 Å². The topological polar surface area (TPSA) is 52.0 Å². The molecule has 3 rings (SSSR count). The van der Waals surface area contributed by atoms with Crippen molar-refractivity contribution in [1.29, 1.82) is 0 Å². The number of hydrogen-bond acceptors (Lipinski definition) is 3. The number of aromatic nitrogens is 2. The number of fused-ring (bicyclic) bond motifs is 1. The molecule has 0 aliphatic rings. The zero-order valence-electron chi connectivity index (χ0n) is 10.9. The smallest absolute Gasteiger partial charge is 0.224 e. The van der Waals surface area contributed by atoms with E-state index in [0.29, 0.717) is 20.7 Å². The number of rotatable bonds is 2. The van der Waals surface area contributed by atoms with Crippen molar-refractivity contribution in [3.8, 4) is 0 Å². The van der Waals surface area contributed by atoms with Crippen LogP contribution in [0.4, 0.5) is 0 Å². The second kappa shape index (κ2) is 5.12. The van der Waals surface area contributed by atoms with Gasteiger partial charge >= 0.3 is 0 Å². The molecule has 1 aromatic carbocycles. The molecule has 0 saturated heterocycles. The van der Waals surface area contributed by atoms with Gasteiger partial charge in [0.25, 0.3) is 10.0 Å². The highest BCUT2D eigenvalue weighted by atomic mass is 79.9. The van der Waals surface area contributed by atoms with E-state index in [1.54, 1.807) is 36.4 Å². The van der Waals surface area contributed by atoms with Gasteiger partial charge in [-0.3, -0.25) is 0 Å². The molecule has 0 unspecified atom stereocenters. The average molecular weight is 386 g/mol. The molecule has 0 amide bonds. The second-order valence-electron chi connectivity index (χ2n) is 4.59. The normalized spacial score (nSPS) is 12.0. The van der Waals surface area contributed by atoms with Crippen LogP contribution in [0.15, 0.2) is 52.1 Å². The lowest BCUT2D eigenvalue weighted by Crippen LogP contribution is -2.12. The van der Waals surface area contributed by atoms with E-state index in [0.717, 1.165) is 9.54 Å². The summed E-state index contributed by atoms with van der Waals surface area (Å²) in [7, 11) is -3.70. The first kappa shape index (κ1) is 14.6. The molecular weight excluding hydrogens is 376 g/mol. The summed E-state index contributed by atoms with van der Waals surface area (Å²) in [5, 5.41) is 1.04. The van der Waals surface area contributed by atoms with Crippen molar-refractivity contribution in [2.75, 3.05) is 0 Å². The fraction of sp³-hybridized carbons (Fsp3) is 0.0714. The Morgan fingerprint density at radius 2 is 1.86 bits per heavy atom. The van der Waals surface area contributed by atoms with Crippen molar-refractivity contribution in [3.05, 3.63) is 57.8 Å². The lowest BCUT2D eigenvalue weighted by molar-refractivity contribution is 0.588. The third kappa shape index (κ3) is 2.47. The monoisotopic (exact) mass is 384 g/mol. The SMILES string of the molecule is Cc1ccc(S(=O)(=O)n2ccc3c(Cl)cc(Br)nc32)cc1. The fourth-order valence-electron chi connectivity index (χ4n) is 2.04. The van der Waals surface area contributed by atoms with E-state index in [9.17, 15) is 8.42 Å². The minimum absolute atomic E-state index is 0.212. The predicted molar refractivity (Wildman–Crippen MR) is 86.2 cm³/mol. The van der Waals surface area contributed by atoms with Gasteiger partial charge in [0.05, 0.1) is 9.92 Å². The molecule has 7 heteroatoms. The maximum Gasteiger partial charge on any atom is 0.269 e. The molecule has 0 atom stereocenters. The maximum atomic E-state index is 12.7. The number of hydrogen-bond donors (Lipinski definition) is 0. The minimum Gasteiger partial charge on any atom is -0.224 e. The maximum absolute atomic E-state index is 12.7. The molecule has 2 aromatic heterocycles. The van der Waals surface area contributed by atoms with Crippen LogP contribution in [0.3, 0.4) is 0 Å². The third-order valence-corrected chi connectivity index (χ3v) is 5.52.